The lowest BCUT2D eigenvalue weighted by Crippen LogP contribution is -2.31. The molecule has 1 N–H and O–H groups in total. The molecule has 9 nitrogen and oxygen atoms in total. The van der Waals surface area contributed by atoms with Gasteiger partial charge >= 0.3 is 11.6 Å². The molecule has 174 valence electrons. The van der Waals surface area contributed by atoms with Gasteiger partial charge < -0.3 is 28.7 Å². The van der Waals surface area contributed by atoms with E-state index in [4.69, 9.17) is 23.4 Å². The summed E-state index contributed by atoms with van der Waals surface area (Å²) in [5, 5.41) is 3.20. The van der Waals surface area contributed by atoms with Crippen LogP contribution in [0.2, 0.25) is 0 Å². The van der Waals surface area contributed by atoms with Crippen molar-refractivity contribution in [3.05, 3.63) is 57.9 Å². The molecule has 1 amide bonds. The molecular formula is C24H25NO8. The van der Waals surface area contributed by atoms with E-state index in [1.165, 1.54) is 51.7 Å². The van der Waals surface area contributed by atoms with Gasteiger partial charge in [0.25, 0.3) is 5.91 Å². The van der Waals surface area contributed by atoms with Crippen LogP contribution in [0.15, 0.2) is 45.6 Å². The van der Waals surface area contributed by atoms with Crippen molar-refractivity contribution in [1.82, 2.24) is 5.32 Å². The van der Waals surface area contributed by atoms with E-state index in [1.54, 1.807) is 6.07 Å². The first-order chi connectivity index (χ1) is 15.8. The van der Waals surface area contributed by atoms with Gasteiger partial charge in [0.15, 0.2) is 11.5 Å². The van der Waals surface area contributed by atoms with Crippen molar-refractivity contribution in [2.45, 2.75) is 13.8 Å². The number of rotatable bonds is 8. The number of carbonyl (C=O) groups is 2. The van der Waals surface area contributed by atoms with E-state index in [-0.39, 0.29) is 28.4 Å². The summed E-state index contributed by atoms with van der Waals surface area (Å²) in [5.74, 6) is 0.161. The van der Waals surface area contributed by atoms with Crippen LogP contribution in [0, 0.1) is 5.92 Å². The average Bonchev–Trinajstić information content (AvgIpc) is 2.80. The first-order valence-electron chi connectivity index (χ1n) is 10.2. The predicted molar refractivity (Wildman–Crippen MR) is 121 cm³/mol. The number of amides is 1. The summed E-state index contributed by atoms with van der Waals surface area (Å²) < 4.78 is 26.5. The molecule has 9 heteroatoms. The van der Waals surface area contributed by atoms with Crippen molar-refractivity contribution in [2.75, 3.05) is 27.9 Å². The van der Waals surface area contributed by atoms with E-state index < -0.39 is 17.5 Å². The first kappa shape index (κ1) is 23.6. The second-order valence-electron chi connectivity index (χ2n) is 7.55. The third kappa shape index (κ3) is 5.25. The second kappa shape index (κ2) is 10.1. The van der Waals surface area contributed by atoms with Gasteiger partial charge in [-0.3, -0.25) is 4.79 Å². The summed E-state index contributed by atoms with van der Waals surface area (Å²) in [6.07, 6.45) is 0. The first-order valence-corrected chi connectivity index (χ1v) is 10.2. The van der Waals surface area contributed by atoms with E-state index in [0.717, 1.165) is 0 Å². The zero-order valence-corrected chi connectivity index (χ0v) is 19.0. The lowest BCUT2D eigenvalue weighted by Gasteiger charge is -2.13. The molecule has 2 aromatic carbocycles. The number of fused-ring (bicyclic) bond motifs is 1. The van der Waals surface area contributed by atoms with Crippen LogP contribution in [-0.2, 0) is 0 Å². The molecule has 0 aliphatic heterocycles. The highest BCUT2D eigenvalue weighted by Gasteiger charge is 2.19. The Bertz CT molecular complexity index is 1220. The highest BCUT2D eigenvalue weighted by Crippen LogP contribution is 2.38. The smallest absolute Gasteiger partial charge is 0.349 e. The standard InChI is InChI=1S/C24H25NO8/c1-13(2)12-25-22(26)17-8-14-6-7-16(11-18(14)33-24(17)28)32-23(27)15-9-19(29-3)21(31-5)20(10-15)30-4/h6-11,13H,12H2,1-5H3,(H,25,26). The number of nitrogens with one attached hydrogen (secondary N) is 1. The van der Waals surface area contributed by atoms with E-state index in [2.05, 4.69) is 5.32 Å². The maximum Gasteiger partial charge on any atom is 0.349 e. The highest BCUT2D eigenvalue weighted by atomic mass is 16.5. The molecule has 0 bridgehead atoms. The Morgan fingerprint density at radius 3 is 2.21 bits per heavy atom. The molecule has 0 saturated carbocycles. The van der Waals surface area contributed by atoms with Gasteiger partial charge in [-0.2, -0.15) is 0 Å². The topological polar surface area (TPSA) is 113 Å². The maximum atomic E-state index is 12.7. The zero-order chi connectivity index (χ0) is 24.1. The normalized spacial score (nSPS) is 10.7. The summed E-state index contributed by atoms with van der Waals surface area (Å²) in [5.41, 5.74) is -0.527. The Labute approximate surface area is 190 Å². The summed E-state index contributed by atoms with van der Waals surface area (Å²) in [7, 11) is 4.34. The predicted octanol–water partition coefficient (Wildman–Crippen LogP) is 3.42. The molecule has 0 spiro atoms. The molecule has 0 fully saturated rings. The van der Waals surface area contributed by atoms with Crippen LogP contribution in [0.3, 0.4) is 0 Å². The fraction of sp³-hybridized carbons (Fsp3) is 0.292. The monoisotopic (exact) mass is 455 g/mol. The van der Waals surface area contributed by atoms with Gasteiger partial charge in [0.2, 0.25) is 5.75 Å². The number of carbonyl (C=O) groups excluding carboxylic acids is 2. The van der Waals surface area contributed by atoms with Crippen molar-refractivity contribution < 1.29 is 33.0 Å². The van der Waals surface area contributed by atoms with Crippen molar-refractivity contribution in [3.63, 3.8) is 0 Å². The summed E-state index contributed by atoms with van der Waals surface area (Å²) in [6.45, 7) is 4.33. The van der Waals surface area contributed by atoms with Crippen molar-refractivity contribution in [2.24, 2.45) is 5.92 Å². The van der Waals surface area contributed by atoms with Crippen LogP contribution in [0.4, 0.5) is 0 Å². The molecule has 0 aliphatic rings. The molecule has 3 aromatic rings. The quantitative estimate of drug-likeness (QED) is 0.312. The van der Waals surface area contributed by atoms with Gasteiger partial charge in [0.05, 0.1) is 26.9 Å². The highest BCUT2D eigenvalue weighted by molar-refractivity contribution is 5.97. The Hall–Kier alpha value is -4.01. The minimum Gasteiger partial charge on any atom is -0.493 e. The lowest BCUT2D eigenvalue weighted by molar-refractivity contribution is 0.0733. The summed E-state index contributed by atoms with van der Waals surface area (Å²) in [4.78, 5) is 37.3. The number of hydrogen-bond donors (Lipinski definition) is 1. The van der Waals surface area contributed by atoms with Crippen LogP contribution in [0.5, 0.6) is 23.0 Å². The number of methoxy groups -OCH3 is 3. The Balaban J connectivity index is 1.87. The molecule has 1 heterocycles. The number of benzene rings is 2. The van der Waals surface area contributed by atoms with E-state index >= 15 is 0 Å². The molecule has 0 radical (unpaired) electrons. The van der Waals surface area contributed by atoms with Gasteiger partial charge in [0.1, 0.15) is 16.9 Å². The van der Waals surface area contributed by atoms with E-state index in [9.17, 15) is 14.4 Å². The van der Waals surface area contributed by atoms with Crippen LogP contribution < -0.4 is 29.9 Å². The minimum atomic E-state index is -0.781. The molecular weight excluding hydrogens is 430 g/mol. The SMILES string of the molecule is COc1cc(C(=O)Oc2ccc3cc(C(=O)NCC(C)C)c(=O)oc3c2)cc(OC)c1OC. The molecule has 3 rings (SSSR count). The molecule has 0 aliphatic carbocycles. The van der Waals surface area contributed by atoms with Gasteiger partial charge in [-0.1, -0.05) is 13.8 Å². The van der Waals surface area contributed by atoms with Crippen LogP contribution in [0.25, 0.3) is 11.0 Å². The third-order valence-corrected chi connectivity index (χ3v) is 4.73. The zero-order valence-electron chi connectivity index (χ0n) is 19.0. The molecule has 0 saturated heterocycles. The fourth-order valence-corrected chi connectivity index (χ4v) is 3.07. The van der Waals surface area contributed by atoms with Crippen molar-refractivity contribution in [3.8, 4) is 23.0 Å². The largest absolute Gasteiger partial charge is 0.493 e. The van der Waals surface area contributed by atoms with Crippen molar-refractivity contribution >= 4 is 22.8 Å². The van der Waals surface area contributed by atoms with Crippen molar-refractivity contribution in [1.29, 1.82) is 0 Å². The second-order valence-corrected chi connectivity index (χ2v) is 7.55. The summed E-state index contributed by atoms with van der Waals surface area (Å²) in [6, 6.07) is 8.91. The molecule has 0 atom stereocenters. The van der Waals surface area contributed by atoms with Gasteiger partial charge in [-0.05, 0) is 36.2 Å². The van der Waals surface area contributed by atoms with Gasteiger partial charge in [-0.25, -0.2) is 9.59 Å². The van der Waals surface area contributed by atoms with E-state index in [1.807, 2.05) is 13.8 Å². The van der Waals surface area contributed by atoms with E-state index in [0.29, 0.717) is 29.2 Å². The lowest BCUT2D eigenvalue weighted by atomic mass is 10.1. The Kier molecular flexibility index (Phi) is 7.22. The van der Waals surface area contributed by atoms with Crippen LogP contribution in [0.1, 0.15) is 34.6 Å². The van der Waals surface area contributed by atoms with Crippen LogP contribution in [-0.4, -0.2) is 39.8 Å². The average molecular weight is 455 g/mol. The Morgan fingerprint density at radius 2 is 1.64 bits per heavy atom. The molecule has 33 heavy (non-hydrogen) atoms. The fourth-order valence-electron chi connectivity index (χ4n) is 3.07. The van der Waals surface area contributed by atoms with Gasteiger partial charge in [-0.15, -0.1) is 0 Å². The molecule has 0 unspecified atom stereocenters. The van der Waals surface area contributed by atoms with Crippen LogP contribution >= 0.6 is 0 Å². The molecule has 1 aromatic heterocycles. The minimum absolute atomic E-state index is 0.0923. The number of esters is 1. The summed E-state index contributed by atoms with van der Waals surface area (Å²) >= 11 is 0. The maximum absolute atomic E-state index is 12.7. The van der Waals surface area contributed by atoms with Gasteiger partial charge in [0, 0.05) is 18.0 Å². The third-order valence-electron chi connectivity index (χ3n) is 4.73. The Morgan fingerprint density at radius 1 is 0.970 bits per heavy atom. The number of ether oxygens (including phenoxy) is 4. The number of hydrogen-bond acceptors (Lipinski definition) is 8.